The highest BCUT2D eigenvalue weighted by molar-refractivity contribution is 5.86. The van der Waals surface area contributed by atoms with Crippen LogP contribution in [0.3, 0.4) is 0 Å². The van der Waals surface area contributed by atoms with E-state index in [1.165, 1.54) is 6.08 Å². The molecule has 1 N–H and O–H groups in total. The van der Waals surface area contributed by atoms with Gasteiger partial charge in [-0.25, -0.2) is 0 Å². The molecular weight excluding hydrogens is 152 g/mol. The molecule has 0 saturated carbocycles. The van der Waals surface area contributed by atoms with E-state index in [1.54, 1.807) is 0 Å². The molecule has 1 amide bonds. The summed E-state index contributed by atoms with van der Waals surface area (Å²) < 4.78 is 1.96. The zero-order valence-electron chi connectivity index (χ0n) is 7.08. The molecule has 3 nitrogen and oxygen atoms in total. The van der Waals surface area contributed by atoms with Gasteiger partial charge < -0.3 is 9.88 Å². The minimum atomic E-state index is -0.142. The second kappa shape index (κ2) is 3.76. The first-order chi connectivity index (χ1) is 5.74. The maximum absolute atomic E-state index is 10.8. The number of rotatable bonds is 3. The van der Waals surface area contributed by atoms with Crippen molar-refractivity contribution in [2.45, 2.75) is 6.54 Å². The van der Waals surface area contributed by atoms with E-state index >= 15 is 0 Å². The highest BCUT2D eigenvalue weighted by Crippen LogP contribution is 1.97. The number of hydrogen-bond donors (Lipinski definition) is 1. The van der Waals surface area contributed by atoms with Crippen LogP contribution in [-0.4, -0.2) is 10.5 Å². The van der Waals surface area contributed by atoms with Crippen molar-refractivity contribution >= 4 is 5.91 Å². The van der Waals surface area contributed by atoms with Gasteiger partial charge in [-0.15, -0.1) is 0 Å². The van der Waals surface area contributed by atoms with Gasteiger partial charge in [-0.2, -0.15) is 0 Å². The average molecular weight is 164 g/mol. The number of aromatic nitrogens is 1. The van der Waals surface area contributed by atoms with Crippen molar-refractivity contribution in [2.75, 3.05) is 0 Å². The second-order valence-corrected chi connectivity index (χ2v) is 2.53. The van der Waals surface area contributed by atoms with Crippen molar-refractivity contribution in [3.8, 4) is 0 Å². The van der Waals surface area contributed by atoms with Crippen molar-refractivity contribution < 1.29 is 4.79 Å². The summed E-state index contributed by atoms with van der Waals surface area (Å²) in [5.41, 5.74) is 1.07. The third-order valence-electron chi connectivity index (χ3n) is 1.68. The molecule has 12 heavy (non-hydrogen) atoms. The first kappa shape index (κ1) is 8.59. The molecule has 3 heteroatoms. The van der Waals surface area contributed by atoms with E-state index in [4.69, 9.17) is 0 Å². The molecule has 0 spiro atoms. The van der Waals surface area contributed by atoms with Gasteiger partial charge in [0, 0.05) is 18.9 Å². The lowest BCUT2D eigenvalue weighted by atomic mass is 10.4. The van der Waals surface area contributed by atoms with Gasteiger partial charge >= 0.3 is 0 Å². The van der Waals surface area contributed by atoms with Crippen LogP contribution in [0, 0.1) is 0 Å². The van der Waals surface area contributed by atoms with E-state index in [0.29, 0.717) is 6.54 Å². The zero-order valence-corrected chi connectivity index (χ0v) is 7.08. The van der Waals surface area contributed by atoms with Gasteiger partial charge in [-0.1, -0.05) is 6.58 Å². The molecule has 1 rings (SSSR count). The monoisotopic (exact) mass is 164 g/mol. The molecule has 0 atom stereocenters. The van der Waals surface area contributed by atoms with Crippen molar-refractivity contribution in [2.24, 2.45) is 7.05 Å². The number of nitrogens with one attached hydrogen (secondary N) is 1. The number of amides is 1. The molecule has 0 aromatic carbocycles. The quantitative estimate of drug-likeness (QED) is 0.659. The highest BCUT2D eigenvalue weighted by atomic mass is 16.1. The Hall–Kier alpha value is -1.51. The molecule has 0 radical (unpaired) electrons. The fourth-order valence-electron chi connectivity index (χ4n) is 0.930. The van der Waals surface area contributed by atoms with Crippen LogP contribution in [0.1, 0.15) is 5.69 Å². The lowest BCUT2D eigenvalue weighted by Gasteiger charge is -2.02. The van der Waals surface area contributed by atoms with Gasteiger partial charge in [0.25, 0.3) is 0 Å². The molecule has 1 aromatic heterocycles. The van der Waals surface area contributed by atoms with Crippen molar-refractivity contribution in [1.82, 2.24) is 9.88 Å². The number of aryl methyl sites for hydroxylation is 1. The Morgan fingerprint density at radius 1 is 1.83 bits per heavy atom. The van der Waals surface area contributed by atoms with Gasteiger partial charge in [-0.3, -0.25) is 4.79 Å². The Kier molecular flexibility index (Phi) is 2.69. The Balaban J connectivity index is 2.48. The predicted molar refractivity (Wildman–Crippen MR) is 47.5 cm³/mol. The summed E-state index contributed by atoms with van der Waals surface area (Å²) in [6, 6.07) is 3.90. The first-order valence-corrected chi connectivity index (χ1v) is 3.74. The first-order valence-electron chi connectivity index (χ1n) is 3.74. The minimum Gasteiger partial charge on any atom is -0.353 e. The summed E-state index contributed by atoms with van der Waals surface area (Å²) in [7, 11) is 1.94. The average Bonchev–Trinajstić information content (AvgIpc) is 2.47. The summed E-state index contributed by atoms with van der Waals surface area (Å²) in [5.74, 6) is -0.142. The second-order valence-electron chi connectivity index (χ2n) is 2.53. The summed E-state index contributed by atoms with van der Waals surface area (Å²) in [6.45, 7) is 3.91. The SMILES string of the molecule is C=CC(=O)NCc1cccn1C. The smallest absolute Gasteiger partial charge is 0.243 e. The van der Waals surface area contributed by atoms with Crippen LogP contribution in [-0.2, 0) is 18.4 Å². The van der Waals surface area contributed by atoms with Gasteiger partial charge in [0.1, 0.15) is 0 Å². The van der Waals surface area contributed by atoms with Crippen LogP contribution in [0.15, 0.2) is 31.0 Å². The Bertz CT molecular complexity index is 288. The summed E-state index contributed by atoms with van der Waals surface area (Å²) >= 11 is 0. The van der Waals surface area contributed by atoms with E-state index in [9.17, 15) is 4.79 Å². The van der Waals surface area contributed by atoms with E-state index in [0.717, 1.165) is 5.69 Å². The Labute approximate surface area is 71.7 Å². The van der Waals surface area contributed by atoms with E-state index in [-0.39, 0.29) is 5.91 Å². The molecule has 1 aromatic rings. The van der Waals surface area contributed by atoms with Crippen LogP contribution in [0.5, 0.6) is 0 Å². The summed E-state index contributed by atoms with van der Waals surface area (Å²) in [5, 5.41) is 2.70. The fourth-order valence-corrected chi connectivity index (χ4v) is 0.930. The molecule has 0 saturated heterocycles. The van der Waals surface area contributed by atoms with Gasteiger partial charge in [-0.05, 0) is 18.2 Å². The topological polar surface area (TPSA) is 34.0 Å². The molecular formula is C9H12N2O. The normalized spacial score (nSPS) is 9.42. The van der Waals surface area contributed by atoms with Crippen LogP contribution in [0.25, 0.3) is 0 Å². The molecule has 1 heterocycles. The molecule has 0 aliphatic carbocycles. The number of carbonyl (C=O) groups excluding carboxylic acids is 1. The summed E-state index contributed by atoms with van der Waals surface area (Å²) in [4.78, 5) is 10.8. The molecule has 64 valence electrons. The third kappa shape index (κ3) is 1.99. The van der Waals surface area contributed by atoms with Crippen molar-refractivity contribution in [3.63, 3.8) is 0 Å². The van der Waals surface area contributed by atoms with Crippen molar-refractivity contribution in [3.05, 3.63) is 36.7 Å². The van der Waals surface area contributed by atoms with Gasteiger partial charge in [0.05, 0.1) is 6.54 Å². The maximum Gasteiger partial charge on any atom is 0.243 e. The van der Waals surface area contributed by atoms with E-state index in [2.05, 4.69) is 11.9 Å². The molecule has 0 bridgehead atoms. The van der Waals surface area contributed by atoms with Crippen LogP contribution in [0.2, 0.25) is 0 Å². The highest BCUT2D eigenvalue weighted by Gasteiger charge is 1.97. The van der Waals surface area contributed by atoms with Crippen LogP contribution in [0.4, 0.5) is 0 Å². The minimum absolute atomic E-state index is 0.142. The number of hydrogen-bond acceptors (Lipinski definition) is 1. The standard InChI is InChI=1S/C9H12N2O/c1-3-9(12)10-7-8-5-4-6-11(8)2/h3-6H,1,7H2,2H3,(H,10,12). The van der Waals surface area contributed by atoms with Crippen molar-refractivity contribution in [1.29, 1.82) is 0 Å². The van der Waals surface area contributed by atoms with E-state index < -0.39 is 0 Å². The number of carbonyl (C=O) groups is 1. The maximum atomic E-state index is 10.8. The molecule has 0 unspecified atom stereocenters. The fraction of sp³-hybridized carbons (Fsp3) is 0.222. The molecule has 0 fully saturated rings. The summed E-state index contributed by atoms with van der Waals surface area (Å²) in [6.07, 6.45) is 3.21. The molecule has 0 aliphatic heterocycles. The third-order valence-corrected chi connectivity index (χ3v) is 1.68. The Morgan fingerprint density at radius 2 is 2.58 bits per heavy atom. The lowest BCUT2D eigenvalue weighted by Crippen LogP contribution is -2.21. The van der Waals surface area contributed by atoms with Crippen LogP contribution >= 0.6 is 0 Å². The van der Waals surface area contributed by atoms with Crippen LogP contribution < -0.4 is 5.32 Å². The lowest BCUT2D eigenvalue weighted by molar-refractivity contribution is -0.116. The molecule has 0 aliphatic rings. The van der Waals surface area contributed by atoms with E-state index in [1.807, 2.05) is 29.9 Å². The number of nitrogens with zero attached hydrogens (tertiary/aromatic N) is 1. The predicted octanol–water partition coefficient (Wildman–Crippen LogP) is 0.827. The zero-order chi connectivity index (χ0) is 8.97. The van der Waals surface area contributed by atoms with Gasteiger partial charge in [0.15, 0.2) is 0 Å². The largest absolute Gasteiger partial charge is 0.353 e. The van der Waals surface area contributed by atoms with Gasteiger partial charge in [0.2, 0.25) is 5.91 Å². The Morgan fingerprint density at radius 3 is 3.08 bits per heavy atom.